The Morgan fingerprint density at radius 1 is 0.314 bits per heavy atom. The maximum Gasteiger partial charge on any atom is 0.306 e. The number of ether oxygens (including phenoxy) is 6. The van der Waals surface area contributed by atoms with E-state index < -0.39 is 41.9 Å². The molecule has 3 aromatic heterocycles. The normalized spacial score (nSPS) is 12.7. The zero-order valence-corrected chi connectivity index (χ0v) is 62.7. The van der Waals surface area contributed by atoms with Crippen LogP contribution in [0.4, 0.5) is 0 Å². The number of Topliss-reactive ketones (excluding diaryl/α,β-unsaturated/α-hetero) is 3. The lowest BCUT2D eigenvalue weighted by Crippen LogP contribution is -2.30. The number of esters is 6. The van der Waals surface area contributed by atoms with Crippen LogP contribution in [0, 0.1) is 17.8 Å². The van der Waals surface area contributed by atoms with Crippen LogP contribution in [-0.2, 0) is 91.4 Å². The van der Waals surface area contributed by atoms with Gasteiger partial charge in [0, 0.05) is 56.3 Å². The molecular weight excluding hydrogens is 1300 g/mol. The standard InChI is InChI=1S/C84H128O18/c1-4-7-10-31-43-69(76(85)55-58-81(90)97-64-72-49-40-61-94-72)46-34-25-19-13-16-22-28-37-52-79(88)100-67-75(102-84(93)54-39-30-24-18-15-21-27-36-48-71(45-33-12-9-6-3)78(87)57-60-83(92)99-66-74-51-42-63-96-74)68-101-80(89)53-38-29-23-17-14-20-26-35-47-70(44-32-11-8-5-2)77(86)56-59-82(91)98-65-73-50-41-62-95-73/h25-27,34-36,40-42,49-51,61-63,69-71,75H,4-24,28-33,37-39,43-48,52-60,64-68H2,1-3H3/b34-25-,35-26-,36-27-. The highest BCUT2D eigenvalue weighted by molar-refractivity contribution is 5.86. The van der Waals surface area contributed by atoms with Crippen LogP contribution in [0.15, 0.2) is 105 Å². The van der Waals surface area contributed by atoms with Crippen molar-refractivity contribution in [2.24, 2.45) is 17.8 Å². The van der Waals surface area contributed by atoms with Crippen molar-refractivity contribution >= 4 is 53.2 Å². The van der Waals surface area contributed by atoms with E-state index in [0.29, 0.717) is 55.8 Å². The average Bonchev–Trinajstić information content (AvgIpc) is 1.35. The van der Waals surface area contributed by atoms with E-state index in [0.717, 1.165) is 193 Å². The molecule has 572 valence electrons. The lowest BCUT2D eigenvalue weighted by atomic mass is 9.90. The molecule has 0 spiro atoms. The summed E-state index contributed by atoms with van der Waals surface area (Å²) in [6.45, 7) is 6.22. The van der Waals surface area contributed by atoms with Crippen molar-refractivity contribution in [1.82, 2.24) is 0 Å². The van der Waals surface area contributed by atoms with Crippen molar-refractivity contribution in [2.45, 2.75) is 336 Å². The minimum Gasteiger partial charge on any atom is -0.466 e. The van der Waals surface area contributed by atoms with Gasteiger partial charge >= 0.3 is 35.8 Å². The SMILES string of the molecule is CCCCCCC(C/C=C\CCCCCCCC(=O)OCC(COC(=O)CCCCCCC/C=C\CC(CCCCCC)C(=O)CCC(=O)OCc1ccco1)OC(=O)CCCCCCC/C=C\CC(CCCCCC)C(=O)CCC(=O)OCc1ccco1)C(=O)CCC(=O)OCc1ccco1. The molecule has 0 bridgehead atoms. The average molecular weight is 1430 g/mol. The molecule has 0 fully saturated rings. The number of allylic oxidation sites excluding steroid dienone is 6. The predicted molar refractivity (Wildman–Crippen MR) is 395 cm³/mol. The number of carbonyl (C=O) groups excluding carboxylic acids is 9. The number of unbranched alkanes of at least 4 members (excludes halogenated alkanes) is 24. The number of hydrogen-bond donors (Lipinski definition) is 0. The van der Waals surface area contributed by atoms with E-state index in [4.69, 9.17) is 41.7 Å². The first kappa shape index (κ1) is 89.1. The summed E-state index contributed by atoms with van der Waals surface area (Å²) in [5, 5.41) is 0. The van der Waals surface area contributed by atoms with Gasteiger partial charge in [-0.25, -0.2) is 0 Å². The van der Waals surface area contributed by atoms with Gasteiger partial charge in [0.05, 0.1) is 38.1 Å². The van der Waals surface area contributed by atoms with Crippen molar-refractivity contribution in [1.29, 1.82) is 0 Å². The second-order valence-electron chi connectivity index (χ2n) is 27.3. The molecule has 102 heavy (non-hydrogen) atoms. The smallest absolute Gasteiger partial charge is 0.306 e. The summed E-state index contributed by atoms with van der Waals surface area (Å²) in [5.74, 6) is -0.873. The number of ketones is 3. The Morgan fingerprint density at radius 2 is 0.598 bits per heavy atom. The molecule has 0 aromatic carbocycles. The predicted octanol–water partition coefficient (Wildman–Crippen LogP) is 20.8. The van der Waals surface area contributed by atoms with Gasteiger partial charge in [0.1, 0.15) is 67.7 Å². The highest BCUT2D eigenvalue weighted by Gasteiger charge is 2.23. The van der Waals surface area contributed by atoms with Crippen LogP contribution in [0.25, 0.3) is 0 Å². The van der Waals surface area contributed by atoms with Crippen LogP contribution in [-0.4, -0.2) is 72.5 Å². The second-order valence-corrected chi connectivity index (χ2v) is 27.3. The molecule has 3 unspecified atom stereocenters. The number of rotatable bonds is 68. The van der Waals surface area contributed by atoms with Crippen LogP contribution < -0.4 is 0 Å². The van der Waals surface area contributed by atoms with Gasteiger partial charge in [0.2, 0.25) is 0 Å². The summed E-state index contributed by atoms with van der Waals surface area (Å²) < 4.78 is 48.5. The van der Waals surface area contributed by atoms with Crippen molar-refractivity contribution in [2.75, 3.05) is 13.2 Å². The topological polar surface area (TPSA) is 248 Å². The van der Waals surface area contributed by atoms with Crippen molar-refractivity contribution in [3.8, 4) is 0 Å². The zero-order chi connectivity index (χ0) is 73.6. The third-order valence-corrected chi connectivity index (χ3v) is 18.4. The Morgan fingerprint density at radius 3 is 0.902 bits per heavy atom. The van der Waals surface area contributed by atoms with Crippen molar-refractivity contribution < 1.29 is 84.8 Å². The minimum absolute atomic E-state index is 0.0513. The van der Waals surface area contributed by atoms with Crippen LogP contribution in [0.1, 0.15) is 327 Å². The number of carbonyl (C=O) groups is 9. The van der Waals surface area contributed by atoms with E-state index in [1.807, 2.05) is 0 Å². The number of furan rings is 3. The summed E-state index contributed by atoms with van der Waals surface area (Å²) in [6, 6.07) is 10.4. The molecule has 0 radical (unpaired) electrons. The highest BCUT2D eigenvalue weighted by Crippen LogP contribution is 2.24. The lowest BCUT2D eigenvalue weighted by molar-refractivity contribution is -0.167. The minimum atomic E-state index is -0.938. The van der Waals surface area contributed by atoms with Gasteiger partial charge in [-0.3, -0.25) is 43.2 Å². The van der Waals surface area contributed by atoms with E-state index in [1.54, 1.807) is 36.4 Å². The molecule has 3 aromatic rings. The van der Waals surface area contributed by atoms with E-state index in [1.165, 1.54) is 18.8 Å². The van der Waals surface area contributed by atoms with Crippen molar-refractivity contribution in [3.05, 3.63) is 109 Å². The molecule has 0 aliphatic carbocycles. The Kier molecular flexibility index (Phi) is 53.6. The van der Waals surface area contributed by atoms with Crippen LogP contribution in [0.2, 0.25) is 0 Å². The fraction of sp³-hybridized carbons (Fsp3) is 0.679. The first-order chi connectivity index (χ1) is 49.8. The summed E-state index contributed by atoms with van der Waals surface area (Å²) in [4.78, 5) is 116. The zero-order valence-electron chi connectivity index (χ0n) is 62.7. The van der Waals surface area contributed by atoms with Crippen LogP contribution in [0.5, 0.6) is 0 Å². The summed E-state index contributed by atoms with van der Waals surface area (Å²) in [5.41, 5.74) is 0. The monoisotopic (exact) mass is 1420 g/mol. The molecule has 18 nitrogen and oxygen atoms in total. The maximum absolute atomic E-state index is 13.2. The van der Waals surface area contributed by atoms with Crippen molar-refractivity contribution in [3.63, 3.8) is 0 Å². The van der Waals surface area contributed by atoms with Gasteiger partial charge < -0.3 is 41.7 Å². The molecule has 18 heteroatoms. The Balaban J connectivity index is 1.40. The van der Waals surface area contributed by atoms with Gasteiger partial charge in [-0.1, -0.05) is 192 Å². The fourth-order valence-corrected chi connectivity index (χ4v) is 12.0. The summed E-state index contributed by atoms with van der Waals surface area (Å²) in [6.07, 6.45) is 50.8. The molecule has 0 amide bonds. The highest BCUT2D eigenvalue weighted by atomic mass is 16.6. The molecule has 3 atom stereocenters. The van der Waals surface area contributed by atoms with Gasteiger partial charge in [0.15, 0.2) is 6.10 Å². The summed E-state index contributed by atoms with van der Waals surface area (Å²) >= 11 is 0. The van der Waals surface area contributed by atoms with Crippen LogP contribution in [0.3, 0.4) is 0 Å². The molecule has 0 N–H and O–H groups in total. The summed E-state index contributed by atoms with van der Waals surface area (Å²) in [7, 11) is 0. The van der Waals surface area contributed by atoms with E-state index in [-0.39, 0.29) is 126 Å². The molecule has 0 saturated carbocycles. The lowest BCUT2D eigenvalue weighted by Gasteiger charge is -2.18. The third-order valence-electron chi connectivity index (χ3n) is 18.4. The number of hydrogen-bond acceptors (Lipinski definition) is 18. The molecule has 3 heterocycles. The van der Waals surface area contributed by atoms with E-state index in [2.05, 4.69) is 57.2 Å². The fourth-order valence-electron chi connectivity index (χ4n) is 12.0. The van der Waals surface area contributed by atoms with Gasteiger partial charge in [-0.05, 0) is 133 Å². The van der Waals surface area contributed by atoms with Gasteiger partial charge in [-0.2, -0.15) is 0 Å². The van der Waals surface area contributed by atoms with E-state index >= 15 is 0 Å². The third kappa shape index (κ3) is 48.7. The molecule has 0 saturated heterocycles. The van der Waals surface area contributed by atoms with Gasteiger partial charge in [0.25, 0.3) is 0 Å². The quantitative estimate of drug-likeness (QED) is 0.0220. The first-order valence-corrected chi connectivity index (χ1v) is 39.4. The Labute approximate surface area is 610 Å². The maximum atomic E-state index is 13.2. The largest absolute Gasteiger partial charge is 0.466 e. The molecule has 0 aliphatic rings. The van der Waals surface area contributed by atoms with Crippen LogP contribution >= 0.6 is 0 Å². The van der Waals surface area contributed by atoms with Gasteiger partial charge in [-0.15, -0.1) is 0 Å². The first-order valence-electron chi connectivity index (χ1n) is 39.4. The molecule has 0 aliphatic heterocycles. The Bertz CT molecular complexity index is 2610. The molecule has 3 rings (SSSR count). The second kappa shape index (κ2) is 61.4. The Hall–Kier alpha value is -7.11. The molecular formula is C84H128O18. The van der Waals surface area contributed by atoms with E-state index in [9.17, 15) is 43.2 Å².